The Balaban J connectivity index is 2.86. The van der Waals surface area contributed by atoms with E-state index in [2.05, 4.69) is 15.4 Å². The van der Waals surface area contributed by atoms with Crippen molar-refractivity contribution in [1.29, 1.82) is 0 Å². The fraction of sp³-hybridized carbons (Fsp3) is 0. The molecule has 1 aromatic heterocycles. The number of benzene rings is 1. The molecule has 1 N–H and O–H groups in total. The minimum Gasteiger partial charge on any atom is -0.258 e. The maximum atomic E-state index is 11.0. The van der Waals surface area contributed by atoms with Gasteiger partial charge in [-0.1, -0.05) is 0 Å². The summed E-state index contributed by atoms with van der Waals surface area (Å²) in [7, 11) is 0. The first-order valence-corrected chi connectivity index (χ1v) is 4.81. The highest BCUT2D eigenvalue weighted by atomic mass is 16.6. The summed E-state index contributed by atoms with van der Waals surface area (Å²) in [6.07, 6.45) is 1.01. The Morgan fingerprint density at radius 2 is 1.65 bits per heavy atom. The van der Waals surface area contributed by atoms with Gasteiger partial charge < -0.3 is 0 Å². The number of nitro benzene ring substituents is 3. The molecule has 0 radical (unpaired) electrons. The quantitative estimate of drug-likeness (QED) is 0.455. The highest BCUT2D eigenvalue weighted by Gasteiger charge is 2.41. The van der Waals surface area contributed by atoms with Gasteiger partial charge in [0.15, 0.2) is 0 Å². The van der Waals surface area contributed by atoms with E-state index in [0.717, 1.165) is 23.3 Å². The van der Waals surface area contributed by atoms with Gasteiger partial charge in [-0.25, -0.2) is 0 Å². The van der Waals surface area contributed by atoms with E-state index >= 15 is 0 Å². The predicted octanol–water partition coefficient (Wildman–Crippen LogP) is -0.194. The summed E-state index contributed by atoms with van der Waals surface area (Å²) in [6, 6.07) is 1.75. The summed E-state index contributed by atoms with van der Waals surface area (Å²) in [5.74, 6) is 0. The molecule has 0 saturated heterocycles. The predicted molar refractivity (Wildman–Crippen MR) is 57.9 cm³/mol. The summed E-state index contributed by atoms with van der Waals surface area (Å²) in [6.45, 7) is 0. The fourth-order valence-electron chi connectivity index (χ4n) is 1.54. The molecule has 13 heteroatoms. The van der Waals surface area contributed by atoms with Gasteiger partial charge in [0.05, 0.1) is 19.9 Å². The second kappa shape index (κ2) is 4.63. The lowest BCUT2D eigenvalue weighted by atomic mass is 10.2. The third-order valence-corrected chi connectivity index (χ3v) is 2.28. The Bertz CT molecular complexity index is 711. The Morgan fingerprint density at radius 3 is 2.10 bits per heavy atom. The lowest BCUT2D eigenvalue weighted by molar-refractivity contribution is -0.719. The number of nitrogens with zero attached hydrogens (tertiary/aromatic N) is 6. The molecule has 20 heavy (non-hydrogen) atoms. The average Bonchev–Trinajstić information content (AvgIpc) is 2.90. The van der Waals surface area contributed by atoms with Crippen LogP contribution in [0.4, 0.5) is 17.1 Å². The number of rotatable bonds is 4. The first kappa shape index (κ1) is 12.9. The molecule has 0 saturated carbocycles. The van der Waals surface area contributed by atoms with Crippen LogP contribution in [0.5, 0.6) is 0 Å². The monoisotopic (exact) mass is 282 g/mol. The van der Waals surface area contributed by atoms with E-state index in [9.17, 15) is 30.3 Å². The molecule has 1 aromatic carbocycles. The Kier molecular flexibility index (Phi) is 3.00. The molecule has 0 fully saturated rings. The number of H-pyrrole nitrogens is 1. The second-order valence-electron chi connectivity index (χ2n) is 3.34. The van der Waals surface area contributed by atoms with Crippen molar-refractivity contribution in [3.05, 3.63) is 48.8 Å². The minimum atomic E-state index is -1.22. The number of tetrazole rings is 1. The highest BCUT2D eigenvalue weighted by Crippen LogP contribution is 2.38. The lowest BCUT2D eigenvalue weighted by Gasteiger charge is -1.98. The molecule has 0 unspecified atom stereocenters. The van der Waals surface area contributed by atoms with Crippen LogP contribution in [0.15, 0.2) is 18.5 Å². The SMILES string of the molecule is O=[N+]([O-])c1ccc(-[n+]2ncn[nH]2)c([N+](=O)[O-])c1[N+](=O)[O-]. The Labute approximate surface area is 107 Å². The van der Waals surface area contributed by atoms with Gasteiger partial charge in [-0.15, -0.1) is 0 Å². The number of hydrogen-bond donors (Lipinski definition) is 1. The molecular weight excluding hydrogens is 278 g/mol. The first-order chi connectivity index (χ1) is 9.43. The van der Waals surface area contributed by atoms with Crippen LogP contribution in [0, 0.1) is 30.3 Å². The van der Waals surface area contributed by atoms with Crippen molar-refractivity contribution in [3.63, 3.8) is 0 Å². The molecule has 0 atom stereocenters. The van der Waals surface area contributed by atoms with Crippen LogP contribution in [0.1, 0.15) is 0 Å². The van der Waals surface area contributed by atoms with Gasteiger partial charge in [-0.2, -0.15) is 0 Å². The van der Waals surface area contributed by atoms with E-state index in [1.807, 2.05) is 0 Å². The Hall–Kier alpha value is -3.51. The third kappa shape index (κ3) is 1.98. The molecule has 0 spiro atoms. The summed E-state index contributed by atoms with van der Waals surface area (Å²) >= 11 is 0. The summed E-state index contributed by atoms with van der Waals surface area (Å²) < 4.78 is 0. The molecule has 2 aromatic rings. The van der Waals surface area contributed by atoms with E-state index in [1.54, 1.807) is 0 Å². The van der Waals surface area contributed by atoms with Crippen LogP contribution in [0.25, 0.3) is 5.69 Å². The van der Waals surface area contributed by atoms with Crippen molar-refractivity contribution in [1.82, 2.24) is 15.4 Å². The molecule has 102 valence electrons. The van der Waals surface area contributed by atoms with Crippen LogP contribution in [-0.4, -0.2) is 30.2 Å². The summed E-state index contributed by atoms with van der Waals surface area (Å²) in [5, 5.41) is 41.9. The van der Waals surface area contributed by atoms with Crippen molar-refractivity contribution in [2.24, 2.45) is 0 Å². The van der Waals surface area contributed by atoms with Gasteiger partial charge in [0.1, 0.15) is 0 Å². The highest BCUT2D eigenvalue weighted by molar-refractivity contribution is 5.71. The van der Waals surface area contributed by atoms with Crippen LogP contribution >= 0.6 is 0 Å². The van der Waals surface area contributed by atoms with Crippen LogP contribution in [0.3, 0.4) is 0 Å². The van der Waals surface area contributed by atoms with Gasteiger partial charge in [-0.05, 0) is 15.1 Å². The van der Waals surface area contributed by atoms with E-state index in [-0.39, 0.29) is 5.69 Å². The third-order valence-electron chi connectivity index (χ3n) is 2.28. The van der Waals surface area contributed by atoms with Crippen molar-refractivity contribution < 1.29 is 19.6 Å². The molecule has 1 heterocycles. The molecule has 0 bridgehead atoms. The lowest BCUT2D eigenvalue weighted by Crippen LogP contribution is -2.37. The van der Waals surface area contributed by atoms with Gasteiger partial charge in [0, 0.05) is 12.1 Å². The maximum Gasteiger partial charge on any atom is 0.427 e. The van der Waals surface area contributed by atoms with Crippen molar-refractivity contribution in [2.45, 2.75) is 0 Å². The molecule has 0 aliphatic rings. The van der Waals surface area contributed by atoms with E-state index in [1.165, 1.54) is 0 Å². The zero-order chi connectivity index (χ0) is 14.9. The number of hydrogen-bond acceptors (Lipinski definition) is 8. The van der Waals surface area contributed by atoms with Crippen LogP contribution in [-0.2, 0) is 0 Å². The second-order valence-corrected chi connectivity index (χ2v) is 3.34. The standard InChI is InChI=1S/C7H3N7O6/c15-12(16)5-2-1-4(11-9-3-8-10-11)6(13(17)18)7(5)14(19)20/h1-3H/p+1. The van der Waals surface area contributed by atoms with Crippen molar-refractivity contribution in [2.75, 3.05) is 0 Å². The minimum absolute atomic E-state index is 0.343. The fourth-order valence-corrected chi connectivity index (χ4v) is 1.54. The van der Waals surface area contributed by atoms with Gasteiger partial charge in [0.25, 0.3) is 12.0 Å². The summed E-state index contributed by atoms with van der Waals surface area (Å²) in [5.41, 5.74) is -3.59. The number of nitro groups is 3. The van der Waals surface area contributed by atoms with E-state index < -0.39 is 31.8 Å². The smallest absolute Gasteiger partial charge is 0.258 e. The molecule has 0 aliphatic carbocycles. The van der Waals surface area contributed by atoms with Gasteiger partial charge in [-0.3, -0.25) is 30.3 Å². The zero-order valence-corrected chi connectivity index (χ0v) is 9.36. The van der Waals surface area contributed by atoms with Gasteiger partial charge >= 0.3 is 17.1 Å². The largest absolute Gasteiger partial charge is 0.427 e. The molecular formula is C7H4N7O6+. The molecule has 0 aliphatic heterocycles. The normalized spacial score (nSPS) is 10.2. The Morgan fingerprint density at radius 1 is 1.00 bits per heavy atom. The van der Waals surface area contributed by atoms with Crippen molar-refractivity contribution >= 4 is 17.1 Å². The maximum absolute atomic E-state index is 11.0. The number of nitrogens with one attached hydrogen (secondary N) is 1. The average molecular weight is 282 g/mol. The zero-order valence-electron chi connectivity index (χ0n) is 9.36. The van der Waals surface area contributed by atoms with E-state index in [0.29, 0.717) is 0 Å². The topological polar surface area (TPSA) is 175 Å². The van der Waals surface area contributed by atoms with Gasteiger partial charge in [0.2, 0.25) is 0 Å². The number of aromatic amines is 1. The molecule has 2 rings (SSSR count). The summed E-state index contributed by atoms with van der Waals surface area (Å²) in [4.78, 5) is 30.1. The molecule has 13 nitrogen and oxygen atoms in total. The van der Waals surface area contributed by atoms with Crippen LogP contribution in [0.2, 0.25) is 0 Å². The number of aromatic nitrogens is 4. The van der Waals surface area contributed by atoms with Crippen LogP contribution < -0.4 is 4.80 Å². The van der Waals surface area contributed by atoms with E-state index in [4.69, 9.17) is 0 Å². The van der Waals surface area contributed by atoms with Crippen molar-refractivity contribution in [3.8, 4) is 5.69 Å². The molecule has 0 amide bonds. The first-order valence-electron chi connectivity index (χ1n) is 4.81.